The molecule has 0 bridgehead atoms. The molecule has 1 aliphatic rings. The summed E-state index contributed by atoms with van der Waals surface area (Å²) < 4.78 is 6.99. The van der Waals surface area contributed by atoms with E-state index in [-0.39, 0.29) is 5.91 Å². The molecule has 1 aliphatic heterocycles. The normalized spacial score (nSPS) is 17.6. The van der Waals surface area contributed by atoms with E-state index in [1.807, 2.05) is 28.9 Å². The van der Waals surface area contributed by atoms with Crippen LogP contribution in [0.3, 0.4) is 0 Å². The van der Waals surface area contributed by atoms with Gasteiger partial charge in [-0.15, -0.1) is 0 Å². The van der Waals surface area contributed by atoms with E-state index in [4.69, 9.17) is 4.74 Å². The first kappa shape index (κ1) is 17.4. The lowest BCUT2D eigenvalue weighted by atomic mass is 10.1. The topological polar surface area (TPSA) is 72.3 Å². The zero-order valence-corrected chi connectivity index (χ0v) is 14.6. The fourth-order valence-corrected chi connectivity index (χ4v) is 3.23. The van der Waals surface area contributed by atoms with Crippen molar-refractivity contribution in [2.24, 2.45) is 0 Å². The Labute approximate surface area is 148 Å². The van der Waals surface area contributed by atoms with Gasteiger partial charge in [-0.2, -0.15) is 5.10 Å². The molecule has 7 nitrogen and oxygen atoms in total. The maximum atomic E-state index is 12.2. The van der Waals surface area contributed by atoms with Gasteiger partial charge in [0.2, 0.25) is 5.91 Å². The molecule has 2 heterocycles. The molecular weight excluding hydrogens is 318 g/mol. The van der Waals surface area contributed by atoms with E-state index in [0.717, 1.165) is 38.1 Å². The van der Waals surface area contributed by atoms with Gasteiger partial charge in [-0.3, -0.25) is 14.4 Å². The second-order valence-corrected chi connectivity index (χ2v) is 6.33. The van der Waals surface area contributed by atoms with Crippen molar-refractivity contribution in [3.63, 3.8) is 0 Å². The lowest BCUT2D eigenvalue weighted by Gasteiger charge is -2.23. The molecule has 7 heteroatoms. The molecule has 0 unspecified atom stereocenters. The third kappa shape index (κ3) is 5.03. The summed E-state index contributed by atoms with van der Waals surface area (Å²) >= 11 is 0. The fourth-order valence-electron chi connectivity index (χ4n) is 3.23. The highest BCUT2D eigenvalue weighted by molar-refractivity contribution is 5.78. The molecule has 0 radical (unpaired) electrons. The number of carbonyl (C=O) groups excluding carboxylic acids is 1. The van der Waals surface area contributed by atoms with Gasteiger partial charge in [-0.1, -0.05) is 12.1 Å². The zero-order valence-electron chi connectivity index (χ0n) is 14.6. The summed E-state index contributed by atoms with van der Waals surface area (Å²) in [6.07, 6.45) is 6.31. The van der Waals surface area contributed by atoms with Crippen LogP contribution >= 0.6 is 0 Å². The summed E-state index contributed by atoms with van der Waals surface area (Å²) in [6.45, 7) is 2.85. The van der Waals surface area contributed by atoms with Crippen molar-refractivity contribution in [2.45, 2.75) is 31.8 Å². The van der Waals surface area contributed by atoms with Crippen LogP contribution in [0.2, 0.25) is 0 Å². The molecule has 1 aromatic carbocycles. The average molecular weight is 343 g/mol. The number of methoxy groups -OCH3 is 1. The number of nitrogens with zero attached hydrogens (tertiary/aromatic N) is 4. The highest BCUT2D eigenvalue weighted by Crippen LogP contribution is 2.18. The second kappa shape index (κ2) is 8.62. The van der Waals surface area contributed by atoms with Crippen molar-refractivity contribution < 1.29 is 9.53 Å². The minimum Gasteiger partial charge on any atom is -0.497 e. The van der Waals surface area contributed by atoms with Gasteiger partial charge in [-0.25, -0.2) is 4.98 Å². The number of benzene rings is 1. The summed E-state index contributed by atoms with van der Waals surface area (Å²) in [5, 5.41) is 7.18. The lowest BCUT2D eigenvalue weighted by Crippen LogP contribution is -2.41. The molecular formula is C18H25N5O2. The van der Waals surface area contributed by atoms with Gasteiger partial charge in [0.05, 0.1) is 20.2 Å². The average Bonchev–Trinajstić information content (AvgIpc) is 3.28. The van der Waals surface area contributed by atoms with Gasteiger partial charge in [0.25, 0.3) is 0 Å². The Morgan fingerprint density at radius 3 is 2.92 bits per heavy atom. The van der Waals surface area contributed by atoms with Crippen LogP contribution in [0.1, 0.15) is 18.4 Å². The van der Waals surface area contributed by atoms with Crippen LogP contribution in [-0.2, 0) is 17.8 Å². The van der Waals surface area contributed by atoms with Crippen molar-refractivity contribution in [1.82, 2.24) is 25.0 Å². The van der Waals surface area contributed by atoms with E-state index in [1.165, 1.54) is 5.56 Å². The molecule has 1 saturated heterocycles. The van der Waals surface area contributed by atoms with Crippen molar-refractivity contribution in [3.8, 4) is 5.75 Å². The first-order chi connectivity index (χ1) is 12.2. The maximum absolute atomic E-state index is 12.2. The van der Waals surface area contributed by atoms with Gasteiger partial charge >= 0.3 is 0 Å². The summed E-state index contributed by atoms with van der Waals surface area (Å²) in [6, 6.07) is 8.29. The Morgan fingerprint density at radius 2 is 2.20 bits per heavy atom. The molecule has 1 fully saturated rings. The maximum Gasteiger partial charge on any atom is 0.234 e. The first-order valence-electron chi connectivity index (χ1n) is 8.70. The van der Waals surface area contributed by atoms with Gasteiger partial charge in [0.1, 0.15) is 18.4 Å². The van der Waals surface area contributed by atoms with E-state index in [1.54, 1.807) is 19.8 Å². The molecule has 3 rings (SSSR count). The van der Waals surface area contributed by atoms with Crippen molar-refractivity contribution >= 4 is 5.91 Å². The molecule has 0 spiro atoms. The Balaban J connectivity index is 1.40. The molecule has 1 aromatic heterocycles. The quantitative estimate of drug-likeness (QED) is 0.777. The van der Waals surface area contributed by atoms with Gasteiger partial charge < -0.3 is 10.1 Å². The Hall–Kier alpha value is -2.41. The predicted molar refractivity (Wildman–Crippen MR) is 94.3 cm³/mol. The standard InChI is InChI=1S/C18H25N5O2/c1-25-17-6-4-15(5-7-17)8-9-20-18(24)12-22-10-2-3-16(22)11-23-14-19-13-21-23/h4-7,13-14,16H,2-3,8-12H2,1H3,(H,20,24)/t16-/m0/s1. The highest BCUT2D eigenvalue weighted by Gasteiger charge is 2.26. The second-order valence-electron chi connectivity index (χ2n) is 6.33. The number of aromatic nitrogens is 3. The highest BCUT2D eigenvalue weighted by atomic mass is 16.5. The van der Waals surface area contributed by atoms with Crippen LogP contribution in [0.15, 0.2) is 36.9 Å². The molecule has 0 saturated carbocycles. The predicted octanol–water partition coefficient (Wildman–Crippen LogP) is 1.11. The van der Waals surface area contributed by atoms with Crippen LogP contribution < -0.4 is 10.1 Å². The lowest BCUT2D eigenvalue weighted by molar-refractivity contribution is -0.122. The van der Waals surface area contributed by atoms with E-state index >= 15 is 0 Å². The summed E-state index contributed by atoms with van der Waals surface area (Å²) in [5.41, 5.74) is 1.19. The van der Waals surface area contributed by atoms with Crippen molar-refractivity contribution in [3.05, 3.63) is 42.5 Å². The van der Waals surface area contributed by atoms with E-state index in [0.29, 0.717) is 19.1 Å². The molecule has 2 aromatic rings. The number of ether oxygens (including phenoxy) is 1. The number of amides is 1. The molecule has 1 N–H and O–H groups in total. The molecule has 25 heavy (non-hydrogen) atoms. The van der Waals surface area contributed by atoms with Crippen LogP contribution in [0.4, 0.5) is 0 Å². The number of rotatable bonds is 8. The summed E-state index contributed by atoms with van der Waals surface area (Å²) in [7, 11) is 1.66. The van der Waals surface area contributed by atoms with Gasteiger partial charge in [-0.05, 0) is 43.5 Å². The summed E-state index contributed by atoms with van der Waals surface area (Å²) in [4.78, 5) is 18.4. The van der Waals surface area contributed by atoms with Crippen LogP contribution in [0, 0.1) is 0 Å². The fraction of sp³-hybridized carbons (Fsp3) is 0.500. The number of likely N-dealkylation sites (tertiary alicyclic amines) is 1. The monoisotopic (exact) mass is 343 g/mol. The minimum atomic E-state index is 0.0824. The molecule has 1 atom stereocenters. The first-order valence-corrected chi connectivity index (χ1v) is 8.70. The van der Waals surface area contributed by atoms with Gasteiger partial charge in [0, 0.05) is 12.6 Å². The molecule has 0 aliphatic carbocycles. The van der Waals surface area contributed by atoms with E-state index in [9.17, 15) is 4.79 Å². The third-order valence-electron chi connectivity index (χ3n) is 4.61. The van der Waals surface area contributed by atoms with Crippen LogP contribution in [0.5, 0.6) is 5.75 Å². The smallest absolute Gasteiger partial charge is 0.234 e. The van der Waals surface area contributed by atoms with Gasteiger partial charge in [0.15, 0.2) is 0 Å². The largest absolute Gasteiger partial charge is 0.497 e. The molecule has 134 valence electrons. The van der Waals surface area contributed by atoms with E-state index < -0.39 is 0 Å². The SMILES string of the molecule is COc1ccc(CCNC(=O)CN2CCC[C@H]2Cn2cncn2)cc1. The Morgan fingerprint density at radius 1 is 1.36 bits per heavy atom. The Bertz CT molecular complexity index is 657. The third-order valence-corrected chi connectivity index (χ3v) is 4.61. The van der Waals surface area contributed by atoms with E-state index in [2.05, 4.69) is 20.3 Å². The Kier molecular flexibility index (Phi) is 6.00. The summed E-state index contributed by atoms with van der Waals surface area (Å²) in [5.74, 6) is 0.930. The zero-order chi connectivity index (χ0) is 17.5. The van der Waals surface area contributed by atoms with Crippen LogP contribution in [-0.4, -0.2) is 58.4 Å². The van der Waals surface area contributed by atoms with Crippen molar-refractivity contribution in [1.29, 1.82) is 0 Å². The number of carbonyl (C=O) groups is 1. The number of nitrogens with one attached hydrogen (secondary N) is 1. The van der Waals surface area contributed by atoms with Crippen molar-refractivity contribution in [2.75, 3.05) is 26.7 Å². The number of hydrogen-bond donors (Lipinski definition) is 1. The number of hydrogen-bond acceptors (Lipinski definition) is 5. The van der Waals surface area contributed by atoms with Crippen LogP contribution in [0.25, 0.3) is 0 Å². The minimum absolute atomic E-state index is 0.0824. The molecule has 1 amide bonds.